The molecule has 0 radical (unpaired) electrons. The molecule has 98 valence electrons. The first-order valence-corrected chi connectivity index (χ1v) is 5.71. The van der Waals surface area contributed by atoms with Gasteiger partial charge in [0.2, 0.25) is 0 Å². The third kappa shape index (κ3) is 5.01. The van der Waals surface area contributed by atoms with E-state index in [4.69, 9.17) is 9.57 Å². The summed E-state index contributed by atoms with van der Waals surface area (Å²) in [7, 11) is 1.59. The monoisotopic (exact) mass is 249 g/mol. The number of hydroxylamine groups is 1. The summed E-state index contributed by atoms with van der Waals surface area (Å²) in [5.41, 5.74) is 2.79. The molecule has 0 heterocycles. The van der Waals surface area contributed by atoms with Gasteiger partial charge in [0.25, 0.3) is 5.91 Å². The van der Waals surface area contributed by atoms with Gasteiger partial charge in [-0.3, -0.25) is 9.63 Å². The Kier molecular flexibility index (Phi) is 4.92. The normalized spacial score (nSPS) is 11.6. The highest BCUT2D eigenvalue weighted by Gasteiger charge is 2.11. The van der Waals surface area contributed by atoms with Crippen LogP contribution in [-0.4, -0.2) is 18.6 Å². The molecule has 1 N–H and O–H groups in total. The Hall–Kier alpha value is -1.81. The molecule has 0 fully saturated rings. The predicted molar refractivity (Wildman–Crippen MR) is 71.0 cm³/mol. The van der Waals surface area contributed by atoms with Gasteiger partial charge in [-0.2, -0.15) is 0 Å². The van der Waals surface area contributed by atoms with Crippen molar-refractivity contribution in [3.63, 3.8) is 0 Å². The van der Waals surface area contributed by atoms with Crippen LogP contribution in [0.1, 0.15) is 26.3 Å². The lowest BCUT2D eigenvalue weighted by Gasteiger charge is -2.18. The van der Waals surface area contributed by atoms with Gasteiger partial charge in [-0.1, -0.05) is 18.2 Å². The number of para-hydroxylation sites is 1. The zero-order valence-electron chi connectivity index (χ0n) is 11.2. The minimum absolute atomic E-state index is 0.309. The molecule has 0 spiro atoms. The van der Waals surface area contributed by atoms with Crippen molar-refractivity contribution in [2.45, 2.75) is 26.4 Å². The maximum Gasteiger partial charge on any atom is 0.267 e. The van der Waals surface area contributed by atoms with E-state index in [1.54, 1.807) is 13.2 Å². The van der Waals surface area contributed by atoms with E-state index in [0.717, 1.165) is 11.3 Å². The molecule has 4 nitrogen and oxygen atoms in total. The second-order valence-corrected chi connectivity index (χ2v) is 4.76. The molecule has 0 bridgehead atoms. The second-order valence-electron chi connectivity index (χ2n) is 4.76. The SMILES string of the molecule is COc1ccccc1/C=C/C(=O)NOC(C)(C)C. The number of amides is 1. The number of hydrogen-bond acceptors (Lipinski definition) is 3. The summed E-state index contributed by atoms with van der Waals surface area (Å²) in [5, 5.41) is 0. The highest BCUT2D eigenvalue weighted by Crippen LogP contribution is 2.18. The van der Waals surface area contributed by atoms with E-state index in [0.29, 0.717) is 0 Å². The van der Waals surface area contributed by atoms with Crippen molar-refractivity contribution in [2.24, 2.45) is 0 Å². The van der Waals surface area contributed by atoms with Gasteiger partial charge in [0, 0.05) is 11.6 Å². The summed E-state index contributed by atoms with van der Waals surface area (Å²) >= 11 is 0. The molecule has 0 unspecified atom stereocenters. The van der Waals surface area contributed by atoms with E-state index in [2.05, 4.69) is 5.48 Å². The van der Waals surface area contributed by atoms with Crippen molar-refractivity contribution in [1.82, 2.24) is 5.48 Å². The van der Waals surface area contributed by atoms with Gasteiger partial charge in [-0.25, -0.2) is 5.48 Å². The highest BCUT2D eigenvalue weighted by atomic mass is 16.7. The number of benzene rings is 1. The number of methoxy groups -OCH3 is 1. The summed E-state index contributed by atoms with van der Waals surface area (Å²) in [4.78, 5) is 16.7. The number of nitrogens with one attached hydrogen (secondary N) is 1. The van der Waals surface area contributed by atoms with Crippen LogP contribution in [0.2, 0.25) is 0 Å². The Morgan fingerprint density at radius 2 is 1.94 bits per heavy atom. The van der Waals surface area contributed by atoms with Gasteiger partial charge < -0.3 is 4.74 Å². The average molecular weight is 249 g/mol. The summed E-state index contributed by atoms with van der Waals surface area (Å²) in [6.07, 6.45) is 3.09. The van der Waals surface area contributed by atoms with E-state index in [1.807, 2.05) is 45.0 Å². The topological polar surface area (TPSA) is 47.6 Å². The second kappa shape index (κ2) is 6.21. The molecule has 1 aromatic rings. The van der Waals surface area contributed by atoms with Crippen LogP contribution < -0.4 is 10.2 Å². The first-order valence-electron chi connectivity index (χ1n) is 5.71. The fraction of sp³-hybridized carbons (Fsp3) is 0.357. The Balaban J connectivity index is 2.61. The number of carbonyl (C=O) groups excluding carboxylic acids is 1. The summed E-state index contributed by atoms with van der Waals surface area (Å²) in [6, 6.07) is 7.46. The average Bonchev–Trinajstić information content (AvgIpc) is 2.33. The lowest BCUT2D eigenvalue weighted by molar-refractivity contribution is -0.140. The van der Waals surface area contributed by atoms with Crippen LogP contribution in [0, 0.1) is 0 Å². The highest BCUT2D eigenvalue weighted by molar-refractivity contribution is 5.91. The van der Waals surface area contributed by atoms with Gasteiger partial charge in [-0.15, -0.1) is 0 Å². The van der Waals surface area contributed by atoms with Gasteiger partial charge in [-0.05, 0) is 32.9 Å². The van der Waals surface area contributed by atoms with E-state index in [9.17, 15) is 4.79 Å². The minimum atomic E-state index is -0.409. The summed E-state index contributed by atoms with van der Waals surface area (Å²) in [6.45, 7) is 5.58. The van der Waals surface area contributed by atoms with Crippen molar-refractivity contribution in [3.8, 4) is 5.75 Å². The van der Waals surface area contributed by atoms with Gasteiger partial charge >= 0.3 is 0 Å². The first-order chi connectivity index (χ1) is 8.42. The quantitative estimate of drug-likeness (QED) is 0.659. The van der Waals surface area contributed by atoms with Crippen LogP contribution in [0.3, 0.4) is 0 Å². The lowest BCUT2D eigenvalue weighted by atomic mass is 10.2. The van der Waals surface area contributed by atoms with Crippen molar-refractivity contribution in [3.05, 3.63) is 35.9 Å². The predicted octanol–water partition coefficient (Wildman–Crippen LogP) is 2.55. The van der Waals surface area contributed by atoms with Gasteiger partial charge in [0.05, 0.1) is 12.7 Å². The molecule has 0 aliphatic heterocycles. The molecule has 0 aliphatic rings. The third-order valence-electron chi connectivity index (χ3n) is 2.01. The van der Waals surface area contributed by atoms with Crippen molar-refractivity contribution in [2.75, 3.05) is 7.11 Å². The zero-order chi connectivity index (χ0) is 13.6. The molecule has 1 rings (SSSR count). The first kappa shape index (κ1) is 14.3. The molecule has 0 atom stereocenters. The number of hydrogen-bond donors (Lipinski definition) is 1. The van der Waals surface area contributed by atoms with Gasteiger partial charge in [0.1, 0.15) is 5.75 Å². The smallest absolute Gasteiger partial charge is 0.267 e. The molecule has 0 saturated heterocycles. The molecule has 0 saturated carbocycles. The Labute approximate surface area is 108 Å². The number of carbonyl (C=O) groups is 1. The molecule has 1 amide bonds. The van der Waals surface area contributed by atoms with E-state index in [-0.39, 0.29) is 5.91 Å². The fourth-order valence-electron chi connectivity index (χ4n) is 1.21. The maximum absolute atomic E-state index is 11.5. The largest absolute Gasteiger partial charge is 0.496 e. The minimum Gasteiger partial charge on any atom is -0.496 e. The molecule has 0 aliphatic carbocycles. The molecule has 0 aromatic heterocycles. The van der Waals surface area contributed by atoms with Crippen LogP contribution in [0.25, 0.3) is 6.08 Å². The van der Waals surface area contributed by atoms with Crippen molar-refractivity contribution in [1.29, 1.82) is 0 Å². The van der Waals surface area contributed by atoms with E-state index < -0.39 is 5.60 Å². The van der Waals surface area contributed by atoms with Gasteiger partial charge in [0.15, 0.2) is 0 Å². The number of ether oxygens (including phenoxy) is 1. The Morgan fingerprint density at radius 1 is 1.28 bits per heavy atom. The van der Waals surface area contributed by atoms with Crippen LogP contribution in [0.4, 0.5) is 0 Å². The van der Waals surface area contributed by atoms with Crippen LogP contribution >= 0.6 is 0 Å². The maximum atomic E-state index is 11.5. The molecular formula is C14H19NO3. The van der Waals surface area contributed by atoms with E-state index in [1.165, 1.54) is 6.08 Å². The number of rotatable bonds is 4. The van der Waals surface area contributed by atoms with Crippen molar-refractivity contribution < 1.29 is 14.4 Å². The summed E-state index contributed by atoms with van der Waals surface area (Å²) < 4.78 is 5.18. The summed E-state index contributed by atoms with van der Waals surface area (Å²) in [5.74, 6) is 0.411. The molecule has 1 aromatic carbocycles. The van der Waals surface area contributed by atoms with E-state index >= 15 is 0 Å². The fourth-order valence-corrected chi connectivity index (χ4v) is 1.21. The van der Waals surface area contributed by atoms with Crippen LogP contribution in [0.15, 0.2) is 30.3 Å². The molecule has 18 heavy (non-hydrogen) atoms. The van der Waals surface area contributed by atoms with Crippen LogP contribution in [0.5, 0.6) is 5.75 Å². The molecular weight excluding hydrogens is 230 g/mol. The zero-order valence-corrected chi connectivity index (χ0v) is 11.2. The van der Waals surface area contributed by atoms with Crippen molar-refractivity contribution >= 4 is 12.0 Å². The Morgan fingerprint density at radius 3 is 2.56 bits per heavy atom. The standard InChI is InChI=1S/C14H19NO3/c1-14(2,3)18-15-13(16)10-9-11-7-5-6-8-12(11)17-4/h5-10H,1-4H3,(H,15,16)/b10-9+. The molecule has 4 heteroatoms. The third-order valence-corrected chi connectivity index (χ3v) is 2.01. The Bertz CT molecular complexity index is 433. The lowest BCUT2D eigenvalue weighted by Crippen LogP contribution is -2.32. The van der Waals surface area contributed by atoms with Crippen LogP contribution in [-0.2, 0) is 9.63 Å².